The number of benzene rings is 4. The van der Waals surface area contributed by atoms with Crippen LogP contribution in [0.15, 0.2) is 85.2 Å². The Labute approximate surface area is 333 Å². The lowest BCUT2D eigenvalue weighted by atomic mass is 9.88. The third-order valence-electron chi connectivity index (χ3n) is 11.8. The Bertz CT molecular complexity index is 2820. The minimum atomic E-state index is -0.406. The molecule has 0 bridgehead atoms. The SMILES string of the molecule is CCN1CCC(c2cc(F)c3nc(-c4cc(F)c5nn(C)cc5c4)ccc3c2)CC1.Cn1cc2cc(-c3ccc4cc(C5CCNCC5)cc(F)c4n3)cc(F)c2n1. The Morgan fingerprint density at radius 1 is 0.552 bits per heavy atom. The number of pyridine rings is 2. The molecule has 296 valence electrons. The number of piperidine rings is 2. The van der Waals surface area contributed by atoms with Gasteiger partial charge in [0.2, 0.25) is 0 Å². The average molecular weight is 785 g/mol. The molecular formula is C46H44F4N8. The first-order chi connectivity index (χ1) is 28.1. The number of rotatable bonds is 5. The topological polar surface area (TPSA) is 76.7 Å². The first kappa shape index (κ1) is 37.8. The van der Waals surface area contributed by atoms with Gasteiger partial charge in [-0.05, 0) is 142 Å². The van der Waals surface area contributed by atoms with E-state index in [1.807, 2.05) is 42.5 Å². The van der Waals surface area contributed by atoms with Gasteiger partial charge >= 0.3 is 0 Å². The van der Waals surface area contributed by atoms with Crippen LogP contribution in [0.3, 0.4) is 0 Å². The first-order valence-electron chi connectivity index (χ1n) is 20.0. The van der Waals surface area contributed by atoms with Crippen molar-refractivity contribution in [2.24, 2.45) is 14.1 Å². The molecule has 0 atom stereocenters. The molecule has 8 aromatic rings. The molecule has 0 unspecified atom stereocenters. The highest BCUT2D eigenvalue weighted by atomic mass is 19.1. The summed E-state index contributed by atoms with van der Waals surface area (Å²) in [5.74, 6) is -0.688. The van der Waals surface area contributed by atoms with E-state index in [0.717, 1.165) is 80.3 Å². The van der Waals surface area contributed by atoms with Crippen molar-refractivity contribution in [3.8, 4) is 22.5 Å². The number of nitrogens with one attached hydrogen (secondary N) is 1. The molecule has 0 radical (unpaired) electrons. The quantitative estimate of drug-likeness (QED) is 0.175. The third-order valence-corrected chi connectivity index (χ3v) is 11.8. The summed E-state index contributed by atoms with van der Waals surface area (Å²) < 4.78 is 61.9. The number of fused-ring (bicyclic) bond motifs is 4. The van der Waals surface area contributed by atoms with E-state index in [9.17, 15) is 13.2 Å². The standard InChI is InChI=1S/C24H24F2N4.C22H20F2N4/c1-3-30-8-6-15(7-9-30)17-10-16-4-5-22(27-23(16)20(25)12-17)18-11-19-14-29(2)28-24(19)21(26)13-18;1-28-12-17-9-16(11-19(24)22(17)27-28)20-3-2-14-8-15(10-18(23)21(14)26-20)13-4-6-25-7-5-13/h4-5,10-15H,3,6-9H2,1-2H3;2-3,8-13,25H,4-7H2,1H3. The summed E-state index contributed by atoms with van der Waals surface area (Å²) in [7, 11) is 3.51. The van der Waals surface area contributed by atoms with Crippen molar-refractivity contribution in [1.82, 2.24) is 39.7 Å². The second-order valence-electron chi connectivity index (χ2n) is 15.7. The smallest absolute Gasteiger partial charge is 0.151 e. The number of aromatic nitrogens is 6. The Morgan fingerprint density at radius 3 is 1.47 bits per heavy atom. The zero-order chi connectivity index (χ0) is 40.1. The van der Waals surface area contributed by atoms with Gasteiger partial charge in [0.25, 0.3) is 0 Å². The molecule has 4 aromatic carbocycles. The zero-order valence-corrected chi connectivity index (χ0v) is 32.7. The maximum atomic E-state index is 15.0. The van der Waals surface area contributed by atoms with Gasteiger partial charge in [0.05, 0.1) is 11.4 Å². The summed E-state index contributed by atoms with van der Waals surface area (Å²) >= 11 is 0. The van der Waals surface area contributed by atoms with E-state index in [2.05, 4.69) is 43.4 Å². The lowest BCUT2D eigenvalue weighted by molar-refractivity contribution is 0.222. The van der Waals surface area contributed by atoms with Gasteiger partial charge in [0.1, 0.15) is 33.7 Å². The van der Waals surface area contributed by atoms with E-state index in [1.165, 1.54) is 12.1 Å². The summed E-state index contributed by atoms with van der Waals surface area (Å²) in [6.45, 7) is 7.28. The lowest BCUT2D eigenvalue weighted by Crippen LogP contribution is -2.32. The molecule has 10 rings (SSSR count). The fourth-order valence-electron chi connectivity index (χ4n) is 8.68. The summed E-state index contributed by atoms with van der Waals surface area (Å²) in [6.07, 6.45) is 7.65. The largest absolute Gasteiger partial charge is 0.317 e. The van der Waals surface area contributed by atoms with Crippen molar-refractivity contribution in [1.29, 1.82) is 0 Å². The second-order valence-corrected chi connectivity index (χ2v) is 15.7. The first-order valence-corrected chi connectivity index (χ1v) is 20.0. The van der Waals surface area contributed by atoms with E-state index in [1.54, 1.807) is 48.0 Å². The molecule has 2 aliphatic heterocycles. The number of halogens is 4. The van der Waals surface area contributed by atoms with Crippen LogP contribution in [0.5, 0.6) is 0 Å². The van der Waals surface area contributed by atoms with Crippen LogP contribution < -0.4 is 5.32 Å². The fraction of sp³-hybridized carbons (Fsp3) is 0.304. The van der Waals surface area contributed by atoms with E-state index in [4.69, 9.17) is 0 Å². The average Bonchev–Trinajstić information content (AvgIpc) is 3.82. The van der Waals surface area contributed by atoms with Gasteiger partial charge in [-0.15, -0.1) is 0 Å². The summed E-state index contributed by atoms with van der Waals surface area (Å²) in [4.78, 5) is 11.5. The van der Waals surface area contributed by atoms with Gasteiger partial charge in [-0.2, -0.15) is 10.2 Å². The molecule has 12 heteroatoms. The molecule has 0 aliphatic carbocycles. The molecule has 0 saturated carbocycles. The number of aryl methyl sites for hydroxylation is 2. The van der Waals surface area contributed by atoms with Crippen LogP contribution in [-0.2, 0) is 14.1 Å². The number of hydrogen-bond acceptors (Lipinski definition) is 6. The lowest BCUT2D eigenvalue weighted by Gasteiger charge is -2.31. The van der Waals surface area contributed by atoms with Crippen LogP contribution >= 0.6 is 0 Å². The molecule has 8 nitrogen and oxygen atoms in total. The number of likely N-dealkylation sites (tertiary alicyclic amines) is 1. The monoisotopic (exact) mass is 784 g/mol. The molecule has 2 fully saturated rings. The summed E-state index contributed by atoms with van der Waals surface area (Å²) in [5, 5.41) is 14.6. The third kappa shape index (κ3) is 7.42. The van der Waals surface area contributed by atoms with Crippen LogP contribution in [0.1, 0.15) is 55.6 Å². The van der Waals surface area contributed by atoms with Crippen molar-refractivity contribution in [2.45, 2.75) is 44.4 Å². The normalized spacial score (nSPS) is 15.8. The molecule has 1 N–H and O–H groups in total. The maximum absolute atomic E-state index is 15.0. The van der Waals surface area contributed by atoms with Crippen LogP contribution in [0.2, 0.25) is 0 Å². The molecule has 6 heterocycles. The Hall–Kier alpha value is -5.72. The predicted molar refractivity (Wildman–Crippen MR) is 222 cm³/mol. The minimum Gasteiger partial charge on any atom is -0.317 e. The zero-order valence-electron chi connectivity index (χ0n) is 32.7. The second kappa shape index (κ2) is 15.6. The van der Waals surface area contributed by atoms with E-state index < -0.39 is 11.6 Å². The maximum Gasteiger partial charge on any atom is 0.151 e. The highest BCUT2D eigenvalue weighted by molar-refractivity contribution is 5.88. The highest BCUT2D eigenvalue weighted by Gasteiger charge is 2.22. The molecule has 0 amide bonds. The van der Waals surface area contributed by atoms with Gasteiger partial charge < -0.3 is 10.2 Å². The van der Waals surface area contributed by atoms with E-state index in [0.29, 0.717) is 67.2 Å². The number of nitrogens with zero attached hydrogens (tertiary/aromatic N) is 7. The fourth-order valence-corrected chi connectivity index (χ4v) is 8.68. The number of hydrogen-bond donors (Lipinski definition) is 1. The minimum absolute atomic E-state index is 0.315. The molecule has 2 saturated heterocycles. The molecule has 2 aliphatic rings. The van der Waals surface area contributed by atoms with Crippen LogP contribution in [0, 0.1) is 23.3 Å². The van der Waals surface area contributed by atoms with Gasteiger partial charge in [-0.1, -0.05) is 19.1 Å². The van der Waals surface area contributed by atoms with Crippen molar-refractivity contribution >= 4 is 43.6 Å². The molecular weight excluding hydrogens is 741 g/mol. The Kier molecular flexibility index (Phi) is 10.1. The predicted octanol–water partition coefficient (Wildman–Crippen LogP) is 9.80. The molecule has 58 heavy (non-hydrogen) atoms. The van der Waals surface area contributed by atoms with E-state index in [-0.39, 0.29) is 11.6 Å². The Balaban J connectivity index is 0.000000151. The van der Waals surface area contributed by atoms with Gasteiger partial charge in [-0.25, -0.2) is 27.5 Å². The summed E-state index contributed by atoms with van der Waals surface area (Å²) in [6, 6.07) is 21.3. The Morgan fingerprint density at radius 2 is 1.00 bits per heavy atom. The van der Waals surface area contributed by atoms with E-state index >= 15 is 4.39 Å². The van der Waals surface area contributed by atoms with Crippen LogP contribution in [-0.4, -0.2) is 67.2 Å². The van der Waals surface area contributed by atoms with Crippen LogP contribution in [0.4, 0.5) is 17.6 Å². The van der Waals surface area contributed by atoms with Crippen molar-refractivity contribution in [2.75, 3.05) is 32.7 Å². The molecule has 0 spiro atoms. The summed E-state index contributed by atoms with van der Waals surface area (Å²) in [5.41, 5.74) is 5.71. The van der Waals surface area contributed by atoms with Gasteiger partial charge in [0.15, 0.2) is 11.6 Å². The van der Waals surface area contributed by atoms with Gasteiger partial charge in [-0.3, -0.25) is 9.36 Å². The van der Waals surface area contributed by atoms with Crippen molar-refractivity contribution in [3.63, 3.8) is 0 Å². The molecule has 4 aromatic heterocycles. The van der Waals surface area contributed by atoms with Crippen LogP contribution in [0.25, 0.3) is 66.1 Å². The van der Waals surface area contributed by atoms with Gasteiger partial charge in [0, 0.05) is 59.2 Å². The van der Waals surface area contributed by atoms with Crippen molar-refractivity contribution < 1.29 is 17.6 Å². The van der Waals surface area contributed by atoms with Crippen molar-refractivity contribution in [3.05, 3.63) is 120 Å². The highest BCUT2D eigenvalue weighted by Crippen LogP contribution is 2.34.